The number of nitrogens with one attached hydrogen (secondary N) is 1. The van der Waals surface area contributed by atoms with Gasteiger partial charge in [0.2, 0.25) is 5.91 Å². The molecule has 1 amide bonds. The van der Waals surface area contributed by atoms with Crippen molar-refractivity contribution in [3.63, 3.8) is 0 Å². The van der Waals surface area contributed by atoms with Crippen molar-refractivity contribution in [1.29, 1.82) is 0 Å². The monoisotopic (exact) mass is 502 g/mol. The van der Waals surface area contributed by atoms with Crippen molar-refractivity contribution in [2.24, 2.45) is 5.92 Å². The number of nitrogens with zero attached hydrogens (tertiary/aromatic N) is 1. The predicted molar refractivity (Wildman–Crippen MR) is 143 cm³/mol. The van der Waals surface area contributed by atoms with Crippen molar-refractivity contribution in [1.82, 2.24) is 0 Å². The molecule has 1 N–H and O–H groups in total. The summed E-state index contributed by atoms with van der Waals surface area (Å²) in [7, 11) is 3.23. The zero-order valence-electron chi connectivity index (χ0n) is 20.9. The molecule has 2 heterocycles. The molecule has 36 heavy (non-hydrogen) atoms. The summed E-state index contributed by atoms with van der Waals surface area (Å²) in [4.78, 5) is 30.4. The third kappa shape index (κ3) is 4.17. The molecule has 0 saturated heterocycles. The van der Waals surface area contributed by atoms with E-state index in [0.29, 0.717) is 29.9 Å². The molecule has 1 aromatic heterocycles. The molecule has 3 aromatic rings. The topological polar surface area (TPSA) is 67.9 Å². The number of carbonyl (C=O) groups excluding carboxylic acids is 2. The molecule has 0 unspecified atom stereocenters. The van der Waals surface area contributed by atoms with Crippen LogP contribution in [0, 0.1) is 5.92 Å². The van der Waals surface area contributed by atoms with E-state index >= 15 is 0 Å². The van der Waals surface area contributed by atoms with Crippen molar-refractivity contribution in [2.45, 2.75) is 38.6 Å². The lowest BCUT2D eigenvalue weighted by Crippen LogP contribution is -2.40. The zero-order valence-corrected chi connectivity index (χ0v) is 21.7. The number of amides is 1. The fourth-order valence-electron chi connectivity index (χ4n) is 5.17. The van der Waals surface area contributed by atoms with E-state index < -0.39 is 6.04 Å². The number of thiophene rings is 1. The van der Waals surface area contributed by atoms with E-state index in [0.717, 1.165) is 27.5 Å². The van der Waals surface area contributed by atoms with Gasteiger partial charge >= 0.3 is 0 Å². The summed E-state index contributed by atoms with van der Waals surface area (Å²) >= 11 is 1.57. The van der Waals surface area contributed by atoms with Gasteiger partial charge in [0.1, 0.15) is 6.04 Å². The molecule has 1 aliphatic heterocycles. The van der Waals surface area contributed by atoms with Gasteiger partial charge in [-0.15, -0.1) is 11.3 Å². The van der Waals surface area contributed by atoms with Crippen LogP contribution in [0.1, 0.15) is 49.1 Å². The largest absolute Gasteiger partial charge is 0.493 e. The summed E-state index contributed by atoms with van der Waals surface area (Å²) in [5.74, 6) is 1.10. The number of hydrogen-bond acceptors (Lipinski definition) is 6. The van der Waals surface area contributed by atoms with E-state index in [2.05, 4.69) is 5.32 Å². The first-order valence-corrected chi connectivity index (χ1v) is 13.0. The number of fused-ring (bicyclic) bond motifs is 1. The fourth-order valence-corrected chi connectivity index (χ4v) is 5.99. The molecular weight excluding hydrogens is 472 g/mol. The number of ketones is 1. The number of para-hydroxylation sites is 2. The van der Waals surface area contributed by atoms with Gasteiger partial charge in [-0.05, 0) is 53.6 Å². The summed E-state index contributed by atoms with van der Waals surface area (Å²) in [5.41, 5.74) is 4.20. The van der Waals surface area contributed by atoms with Gasteiger partial charge in [-0.2, -0.15) is 0 Å². The minimum absolute atomic E-state index is 0.00813. The summed E-state index contributed by atoms with van der Waals surface area (Å²) in [5, 5.41) is 5.57. The Kier molecular flexibility index (Phi) is 6.58. The molecule has 1 aliphatic carbocycles. The third-order valence-corrected chi connectivity index (χ3v) is 7.84. The smallest absolute Gasteiger partial charge is 0.230 e. The molecule has 5 rings (SSSR count). The highest BCUT2D eigenvalue weighted by atomic mass is 32.1. The second-order valence-corrected chi connectivity index (χ2v) is 10.4. The van der Waals surface area contributed by atoms with Crippen LogP contribution in [0.15, 0.2) is 71.2 Å². The van der Waals surface area contributed by atoms with Crippen molar-refractivity contribution < 1.29 is 19.1 Å². The van der Waals surface area contributed by atoms with Crippen molar-refractivity contribution in [3.8, 4) is 11.5 Å². The highest BCUT2D eigenvalue weighted by molar-refractivity contribution is 7.10. The summed E-state index contributed by atoms with van der Waals surface area (Å²) in [6.07, 6.45) is 1.01. The van der Waals surface area contributed by atoms with Crippen LogP contribution in [0.25, 0.3) is 0 Å². The first-order valence-electron chi connectivity index (χ1n) is 12.1. The molecule has 6 nitrogen and oxygen atoms in total. The molecule has 7 heteroatoms. The van der Waals surface area contributed by atoms with E-state index in [4.69, 9.17) is 9.47 Å². The van der Waals surface area contributed by atoms with Gasteiger partial charge in [-0.3, -0.25) is 14.5 Å². The van der Waals surface area contributed by atoms with Gasteiger partial charge in [0.25, 0.3) is 0 Å². The number of allylic oxidation sites excluding steroid dienone is 1. The Morgan fingerprint density at radius 1 is 1.03 bits per heavy atom. The van der Waals surface area contributed by atoms with Crippen LogP contribution in [0.4, 0.5) is 11.4 Å². The zero-order chi connectivity index (χ0) is 25.4. The van der Waals surface area contributed by atoms with Crippen LogP contribution >= 0.6 is 11.3 Å². The molecule has 0 spiro atoms. The van der Waals surface area contributed by atoms with Crippen LogP contribution in [0.5, 0.6) is 11.5 Å². The lowest BCUT2D eigenvalue weighted by Gasteiger charge is -2.35. The van der Waals surface area contributed by atoms with Gasteiger partial charge in [0.15, 0.2) is 17.3 Å². The van der Waals surface area contributed by atoms with Crippen LogP contribution in [0.3, 0.4) is 0 Å². The molecule has 2 aliphatic rings. The summed E-state index contributed by atoms with van der Waals surface area (Å²) in [6.45, 7) is 3.81. The van der Waals surface area contributed by atoms with Crippen LogP contribution in [-0.2, 0) is 9.59 Å². The van der Waals surface area contributed by atoms with E-state index in [1.165, 1.54) is 0 Å². The molecule has 0 fully saturated rings. The number of ether oxygens (including phenoxy) is 2. The van der Waals surface area contributed by atoms with Crippen molar-refractivity contribution in [2.75, 3.05) is 24.4 Å². The molecular formula is C29H30N2O4S. The van der Waals surface area contributed by atoms with E-state index in [-0.39, 0.29) is 23.5 Å². The number of hydrogen-bond donors (Lipinski definition) is 1. The van der Waals surface area contributed by atoms with Gasteiger partial charge < -0.3 is 14.8 Å². The Morgan fingerprint density at radius 3 is 2.50 bits per heavy atom. The van der Waals surface area contributed by atoms with Gasteiger partial charge in [0, 0.05) is 28.5 Å². The highest BCUT2D eigenvalue weighted by Gasteiger charge is 2.42. The molecule has 0 saturated carbocycles. The normalized spacial score (nSPS) is 19.4. The second-order valence-electron chi connectivity index (χ2n) is 9.46. The first kappa shape index (κ1) is 24.1. The minimum Gasteiger partial charge on any atom is -0.493 e. The lowest BCUT2D eigenvalue weighted by molar-refractivity contribution is -0.121. The number of anilines is 2. The van der Waals surface area contributed by atoms with E-state index in [9.17, 15) is 9.59 Å². The van der Waals surface area contributed by atoms with Gasteiger partial charge in [-0.25, -0.2) is 0 Å². The molecule has 186 valence electrons. The standard InChI is InChI=1S/C29H30N2O4S/c1-17(2)29(33)31-22-9-6-5-8-20(22)30-21-14-19(18-11-12-24(34-3)25(16-18)35-4)15-23(32)27(21)28(31)26-10-7-13-36-26/h5-13,16-17,19,28,30H,14-15H2,1-4H3/t19-,28-/m0/s1. The maximum atomic E-state index is 14.0. The number of benzene rings is 2. The Hall–Kier alpha value is -3.58. The SMILES string of the molecule is COc1ccc([C@@H]2CC(=O)C3=C(C2)Nc2ccccc2N(C(=O)C(C)C)[C@H]3c2cccs2)cc1OC. The Balaban J connectivity index is 1.65. The molecule has 0 radical (unpaired) electrons. The Morgan fingerprint density at radius 2 is 1.81 bits per heavy atom. The van der Waals surface area contributed by atoms with E-state index in [1.807, 2.05) is 78.7 Å². The van der Waals surface area contributed by atoms with Crippen LogP contribution < -0.4 is 19.7 Å². The first-order chi connectivity index (χ1) is 17.4. The van der Waals surface area contributed by atoms with Crippen molar-refractivity contribution >= 4 is 34.4 Å². The summed E-state index contributed by atoms with van der Waals surface area (Å²) in [6, 6.07) is 17.2. The summed E-state index contributed by atoms with van der Waals surface area (Å²) < 4.78 is 10.9. The average Bonchev–Trinajstić information content (AvgIpc) is 3.37. The van der Waals surface area contributed by atoms with Gasteiger partial charge in [-0.1, -0.05) is 38.1 Å². The predicted octanol–water partition coefficient (Wildman–Crippen LogP) is 6.32. The Labute approximate surface area is 215 Å². The quantitative estimate of drug-likeness (QED) is 0.442. The lowest BCUT2D eigenvalue weighted by atomic mass is 9.79. The average molecular weight is 503 g/mol. The van der Waals surface area contributed by atoms with Gasteiger partial charge in [0.05, 0.1) is 25.6 Å². The minimum atomic E-state index is -0.468. The van der Waals surface area contributed by atoms with E-state index in [1.54, 1.807) is 25.6 Å². The number of carbonyl (C=O) groups is 2. The van der Waals surface area contributed by atoms with Crippen LogP contribution in [0.2, 0.25) is 0 Å². The highest BCUT2D eigenvalue weighted by Crippen LogP contribution is 2.49. The maximum Gasteiger partial charge on any atom is 0.230 e. The molecule has 2 aromatic carbocycles. The number of Topliss-reactive ketones (excluding diaryl/α,β-unsaturated/α-hetero) is 1. The fraction of sp³-hybridized carbons (Fsp3) is 0.310. The molecule has 2 atom stereocenters. The second kappa shape index (κ2) is 9.82. The third-order valence-electron chi connectivity index (χ3n) is 6.91. The maximum absolute atomic E-state index is 14.0. The van der Waals surface area contributed by atoms with Crippen LogP contribution in [-0.4, -0.2) is 25.9 Å². The Bertz CT molecular complexity index is 1330. The molecule has 0 bridgehead atoms. The van der Waals surface area contributed by atoms with Crippen molar-refractivity contribution in [3.05, 3.63) is 81.7 Å². The number of methoxy groups -OCH3 is 2. The number of rotatable bonds is 5.